The van der Waals surface area contributed by atoms with Gasteiger partial charge in [0, 0.05) is 12.1 Å². The predicted octanol–water partition coefficient (Wildman–Crippen LogP) is 3.12. The average molecular weight is 271 g/mol. The molecule has 0 saturated carbocycles. The number of ether oxygens (including phenoxy) is 1. The Hall–Kier alpha value is -2.36. The molecule has 4 heteroatoms. The number of amides is 1. The minimum absolute atomic E-state index is 0.258. The highest BCUT2D eigenvalue weighted by Gasteiger charge is 2.16. The molecule has 0 radical (unpaired) electrons. The third kappa shape index (κ3) is 3.35. The van der Waals surface area contributed by atoms with Gasteiger partial charge in [-0.05, 0) is 29.8 Å². The molecule has 1 N–H and O–H groups in total. The Kier molecular flexibility index (Phi) is 4.35. The van der Waals surface area contributed by atoms with Crippen molar-refractivity contribution in [3.05, 3.63) is 42.5 Å². The number of benzene rings is 2. The van der Waals surface area contributed by atoms with Gasteiger partial charge in [-0.3, -0.25) is 9.59 Å². The van der Waals surface area contributed by atoms with Crippen LogP contribution in [0.5, 0.6) is 0 Å². The zero-order valence-electron chi connectivity index (χ0n) is 11.6. The van der Waals surface area contributed by atoms with E-state index in [-0.39, 0.29) is 18.3 Å². The molecule has 0 aliphatic carbocycles. The van der Waals surface area contributed by atoms with Crippen molar-refractivity contribution in [3.8, 4) is 0 Å². The standard InChI is InChI=1S/C16H17NO3/c1-3-15(18)20-11(2)16(19)17-14-9-8-12-6-4-5-7-13(12)10-14/h4-11H,3H2,1-2H3,(H,17,19)/t11-/m0/s1. The van der Waals surface area contributed by atoms with E-state index in [2.05, 4.69) is 5.32 Å². The maximum atomic E-state index is 11.9. The number of carbonyl (C=O) groups is 2. The van der Waals surface area contributed by atoms with Crippen molar-refractivity contribution in [2.24, 2.45) is 0 Å². The summed E-state index contributed by atoms with van der Waals surface area (Å²) in [6, 6.07) is 13.6. The molecule has 0 aliphatic rings. The van der Waals surface area contributed by atoms with Crippen molar-refractivity contribution < 1.29 is 14.3 Å². The maximum Gasteiger partial charge on any atom is 0.306 e. The average Bonchev–Trinajstić information content (AvgIpc) is 2.46. The second-order valence-electron chi connectivity index (χ2n) is 4.54. The molecule has 0 saturated heterocycles. The van der Waals surface area contributed by atoms with Crippen LogP contribution in [0.1, 0.15) is 20.3 Å². The summed E-state index contributed by atoms with van der Waals surface area (Å²) in [5, 5.41) is 4.90. The molecule has 1 atom stereocenters. The maximum absolute atomic E-state index is 11.9. The van der Waals surface area contributed by atoms with Gasteiger partial charge in [0.05, 0.1) is 0 Å². The normalized spacial score (nSPS) is 11.9. The highest BCUT2D eigenvalue weighted by molar-refractivity contribution is 5.97. The molecule has 0 heterocycles. The lowest BCUT2D eigenvalue weighted by Gasteiger charge is -2.13. The Morgan fingerprint density at radius 2 is 1.85 bits per heavy atom. The fraction of sp³-hybridized carbons (Fsp3) is 0.250. The Labute approximate surface area is 117 Å². The van der Waals surface area contributed by atoms with Gasteiger partial charge < -0.3 is 10.1 Å². The predicted molar refractivity (Wildman–Crippen MR) is 78.4 cm³/mol. The molecular formula is C16H17NO3. The van der Waals surface area contributed by atoms with E-state index in [1.54, 1.807) is 13.8 Å². The van der Waals surface area contributed by atoms with Crippen molar-refractivity contribution in [1.29, 1.82) is 0 Å². The van der Waals surface area contributed by atoms with Crippen LogP contribution in [0.4, 0.5) is 5.69 Å². The van der Waals surface area contributed by atoms with E-state index in [0.717, 1.165) is 10.8 Å². The summed E-state index contributed by atoms with van der Waals surface area (Å²) in [6.07, 6.45) is -0.540. The van der Waals surface area contributed by atoms with E-state index < -0.39 is 6.10 Å². The van der Waals surface area contributed by atoms with Crippen LogP contribution in [0.3, 0.4) is 0 Å². The van der Waals surface area contributed by atoms with Gasteiger partial charge in [0.15, 0.2) is 6.10 Å². The van der Waals surface area contributed by atoms with Crippen molar-refractivity contribution in [2.75, 3.05) is 5.32 Å². The zero-order valence-corrected chi connectivity index (χ0v) is 11.6. The highest BCUT2D eigenvalue weighted by atomic mass is 16.5. The summed E-state index contributed by atoms with van der Waals surface area (Å²) in [7, 11) is 0. The van der Waals surface area contributed by atoms with Crippen LogP contribution in [0.15, 0.2) is 42.5 Å². The number of hydrogen-bond donors (Lipinski definition) is 1. The molecule has 0 bridgehead atoms. The number of anilines is 1. The second-order valence-corrected chi connectivity index (χ2v) is 4.54. The van der Waals surface area contributed by atoms with Crippen molar-refractivity contribution >= 4 is 28.3 Å². The molecule has 20 heavy (non-hydrogen) atoms. The van der Waals surface area contributed by atoms with E-state index in [4.69, 9.17) is 4.74 Å². The second kappa shape index (κ2) is 6.19. The van der Waals surface area contributed by atoms with Gasteiger partial charge in [0.25, 0.3) is 5.91 Å². The number of rotatable bonds is 4. The van der Waals surface area contributed by atoms with E-state index >= 15 is 0 Å². The summed E-state index contributed by atoms with van der Waals surface area (Å²) < 4.78 is 4.97. The van der Waals surface area contributed by atoms with E-state index in [1.807, 2.05) is 42.5 Å². The zero-order chi connectivity index (χ0) is 14.5. The van der Waals surface area contributed by atoms with Crippen molar-refractivity contribution in [1.82, 2.24) is 0 Å². The lowest BCUT2D eigenvalue weighted by molar-refractivity contribution is -0.152. The van der Waals surface area contributed by atoms with Crippen molar-refractivity contribution in [2.45, 2.75) is 26.4 Å². The van der Waals surface area contributed by atoms with E-state index in [1.165, 1.54) is 0 Å². The van der Waals surface area contributed by atoms with Gasteiger partial charge in [-0.15, -0.1) is 0 Å². The van der Waals surface area contributed by atoms with Crippen LogP contribution in [-0.4, -0.2) is 18.0 Å². The van der Waals surface area contributed by atoms with Gasteiger partial charge in [-0.2, -0.15) is 0 Å². The molecule has 0 fully saturated rings. The summed E-state index contributed by atoms with van der Waals surface area (Å²) in [5.41, 5.74) is 0.688. The number of hydrogen-bond acceptors (Lipinski definition) is 3. The molecule has 2 aromatic carbocycles. The van der Waals surface area contributed by atoms with E-state index in [9.17, 15) is 9.59 Å². The molecule has 104 valence electrons. The quantitative estimate of drug-likeness (QED) is 0.869. The smallest absolute Gasteiger partial charge is 0.306 e. The molecule has 2 aromatic rings. The third-order valence-corrected chi connectivity index (χ3v) is 2.98. The lowest BCUT2D eigenvalue weighted by Crippen LogP contribution is -2.29. The van der Waals surface area contributed by atoms with Crippen LogP contribution in [-0.2, 0) is 14.3 Å². The van der Waals surface area contributed by atoms with Gasteiger partial charge in [0.1, 0.15) is 0 Å². The summed E-state index contributed by atoms with van der Waals surface area (Å²) in [4.78, 5) is 23.1. The number of fused-ring (bicyclic) bond motifs is 1. The van der Waals surface area contributed by atoms with Crippen LogP contribution in [0, 0.1) is 0 Å². The molecule has 4 nitrogen and oxygen atoms in total. The monoisotopic (exact) mass is 271 g/mol. The van der Waals surface area contributed by atoms with Crippen LogP contribution in [0.25, 0.3) is 10.8 Å². The molecule has 2 rings (SSSR count). The molecule has 1 amide bonds. The number of carbonyl (C=O) groups excluding carboxylic acids is 2. The minimum atomic E-state index is -0.797. The molecule has 0 aliphatic heterocycles. The molecule has 0 aromatic heterocycles. The Balaban J connectivity index is 2.07. The van der Waals surface area contributed by atoms with Gasteiger partial charge in [-0.1, -0.05) is 37.3 Å². The van der Waals surface area contributed by atoms with Gasteiger partial charge in [-0.25, -0.2) is 0 Å². The van der Waals surface area contributed by atoms with E-state index in [0.29, 0.717) is 5.69 Å². The topological polar surface area (TPSA) is 55.4 Å². The first-order chi connectivity index (χ1) is 9.60. The van der Waals surface area contributed by atoms with Crippen LogP contribution >= 0.6 is 0 Å². The third-order valence-electron chi connectivity index (χ3n) is 2.98. The Morgan fingerprint density at radius 1 is 1.15 bits per heavy atom. The number of nitrogens with one attached hydrogen (secondary N) is 1. The van der Waals surface area contributed by atoms with Crippen LogP contribution < -0.4 is 5.32 Å². The Morgan fingerprint density at radius 3 is 2.55 bits per heavy atom. The van der Waals surface area contributed by atoms with Gasteiger partial charge in [0.2, 0.25) is 0 Å². The molecule has 0 unspecified atom stereocenters. The first kappa shape index (κ1) is 14.1. The fourth-order valence-corrected chi connectivity index (χ4v) is 1.84. The lowest BCUT2D eigenvalue weighted by atomic mass is 10.1. The Bertz CT molecular complexity index is 636. The first-order valence-corrected chi connectivity index (χ1v) is 6.59. The highest BCUT2D eigenvalue weighted by Crippen LogP contribution is 2.19. The summed E-state index contributed by atoms with van der Waals surface area (Å²) in [6.45, 7) is 3.25. The summed E-state index contributed by atoms with van der Waals surface area (Å²) in [5.74, 6) is -0.715. The van der Waals surface area contributed by atoms with Gasteiger partial charge >= 0.3 is 5.97 Å². The fourth-order valence-electron chi connectivity index (χ4n) is 1.84. The summed E-state index contributed by atoms with van der Waals surface area (Å²) >= 11 is 0. The SMILES string of the molecule is CCC(=O)O[C@@H](C)C(=O)Nc1ccc2ccccc2c1. The molecular weight excluding hydrogens is 254 g/mol. The number of esters is 1. The largest absolute Gasteiger partial charge is 0.453 e. The first-order valence-electron chi connectivity index (χ1n) is 6.59. The molecule has 0 spiro atoms. The van der Waals surface area contributed by atoms with Crippen LogP contribution in [0.2, 0.25) is 0 Å². The van der Waals surface area contributed by atoms with Crippen molar-refractivity contribution in [3.63, 3.8) is 0 Å². The minimum Gasteiger partial charge on any atom is -0.453 e.